The Kier molecular flexibility index (Phi) is 5.59. The van der Waals surface area contributed by atoms with Gasteiger partial charge >= 0.3 is 5.97 Å². The fourth-order valence-electron chi connectivity index (χ4n) is 2.40. The molecule has 1 N–H and O–H groups in total. The molecular formula is C13H24N2O3. The summed E-state index contributed by atoms with van der Waals surface area (Å²) < 4.78 is 0. The van der Waals surface area contributed by atoms with Crippen molar-refractivity contribution in [2.75, 3.05) is 26.7 Å². The number of carboxylic acid groups (broad SMARTS) is 1. The molecule has 104 valence electrons. The Morgan fingerprint density at radius 1 is 1.44 bits per heavy atom. The highest BCUT2D eigenvalue weighted by Crippen LogP contribution is 2.15. The van der Waals surface area contributed by atoms with E-state index < -0.39 is 5.97 Å². The molecule has 5 nitrogen and oxygen atoms in total. The molecule has 1 rings (SSSR count). The van der Waals surface area contributed by atoms with Gasteiger partial charge in [0.25, 0.3) is 0 Å². The average Bonchev–Trinajstić information content (AvgIpc) is 2.37. The van der Waals surface area contributed by atoms with E-state index >= 15 is 0 Å². The molecular weight excluding hydrogens is 232 g/mol. The van der Waals surface area contributed by atoms with Gasteiger partial charge in [0, 0.05) is 26.1 Å². The Labute approximate surface area is 109 Å². The van der Waals surface area contributed by atoms with Gasteiger partial charge in [-0.3, -0.25) is 14.5 Å². The first-order valence-corrected chi connectivity index (χ1v) is 6.62. The fourth-order valence-corrected chi connectivity index (χ4v) is 2.40. The van der Waals surface area contributed by atoms with Gasteiger partial charge in [-0.25, -0.2) is 0 Å². The van der Waals surface area contributed by atoms with Crippen LogP contribution in [0.25, 0.3) is 0 Å². The largest absolute Gasteiger partial charge is 0.481 e. The number of carboxylic acids is 1. The lowest BCUT2D eigenvalue weighted by Gasteiger charge is -2.28. The average molecular weight is 256 g/mol. The molecule has 0 aromatic heterocycles. The lowest BCUT2D eigenvalue weighted by atomic mass is 10.1. The minimum Gasteiger partial charge on any atom is -0.481 e. The number of amides is 1. The van der Waals surface area contributed by atoms with Crippen LogP contribution in [0.15, 0.2) is 0 Å². The number of hydrogen-bond acceptors (Lipinski definition) is 3. The van der Waals surface area contributed by atoms with Crippen molar-refractivity contribution in [1.29, 1.82) is 0 Å². The first-order valence-electron chi connectivity index (χ1n) is 6.62. The van der Waals surface area contributed by atoms with E-state index in [2.05, 4.69) is 13.8 Å². The molecule has 1 atom stereocenters. The number of likely N-dealkylation sites (N-methyl/N-ethyl adjacent to an activating group) is 1. The lowest BCUT2D eigenvalue weighted by molar-refractivity contribution is -0.139. The van der Waals surface area contributed by atoms with Crippen molar-refractivity contribution in [3.8, 4) is 0 Å². The number of hydrogen-bond donors (Lipinski definition) is 1. The molecule has 0 aromatic carbocycles. The monoisotopic (exact) mass is 256 g/mol. The summed E-state index contributed by atoms with van der Waals surface area (Å²) in [6.07, 6.45) is 1.41. The summed E-state index contributed by atoms with van der Waals surface area (Å²) in [5.74, 6) is -0.307. The topological polar surface area (TPSA) is 60.9 Å². The van der Waals surface area contributed by atoms with Crippen LogP contribution in [0, 0.1) is 5.92 Å². The van der Waals surface area contributed by atoms with Gasteiger partial charge < -0.3 is 10.0 Å². The second kappa shape index (κ2) is 6.73. The van der Waals surface area contributed by atoms with Crippen molar-refractivity contribution in [2.24, 2.45) is 5.92 Å². The molecule has 5 heteroatoms. The van der Waals surface area contributed by atoms with Gasteiger partial charge in [-0.1, -0.05) is 13.8 Å². The van der Waals surface area contributed by atoms with Crippen LogP contribution in [0.4, 0.5) is 0 Å². The predicted octanol–water partition coefficient (Wildman–Crippen LogP) is 1.04. The summed E-state index contributed by atoms with van der Waals surface area (Å²) >= 11 is 0. The van der Waals surface area contributed by atoms with Gasteiger partial charge in [-0.05, 0) is 25.8 Å². The molecule has 0 spiro atoms. The van der Waals surface area contributed by atoms with Gasteiger partial charge in [0.2, 0.25) is 5.91 Å². The van der Waals surface area contributed by atoms with Crippen LogP contribution in [0.1, 0.15) is 33.1 Å². The summed E-state index contributed by atoms with van der Waals surface area (Å²) in [4.78, 5) is 26.9. The molecule has 1 amide bonds. The Bertz CT molecular complexity index is 305. The van der Waals surface area contributed by atoms with Crippen LogP contribution in [-0.2, 0) is 9.59 Å². The van der Waals surface area contributed by atoms with Crippen LogP contribution >= 0.6 is 0 Å². The third-order valence-corrected chi connectivity index (χ3v) is 3.28. The molecule has 1 aliphatic heterocycles. The van der Waals surface area contributed by atoms with Crippen molar-refractivity contribution >= 4 is 11.9 Å². The van der Waals surface area contributed by atoms with Crippen molar-refractivity contribution in [3.63, 3.8) is 0 Å². The van der Waals surface area contributed by atoms with Gasteiger partial charge in [-0.2, -0.15) is 0 Å². The number of aliphatic carboxylic acids is 1. The van der Waals surface area contributed by atoms with Gasteiger partial charge in [0.1, 0.15) is 0 Å². The molecule has 1 heterocycles. The van der Waals surface area contributed by atoms with Crippen molar-refractivity contribution in [2.45, 2.75) is 39.2 Å². The van der Waals surface area contributed by atoms with Crippen molar-refractivity contribution < 1.29 is 14.7 Å². The Balaban J connectivity index is 2.70. The highest BCUT2D eigenvalue weighted by molar-refractivity contribution is 5.82. The van der Waals surface area contributed by atoms with E-state index in [0.29, 0.717) is 12.3 Å². The normalized spacial score (nSPS) is 22.3. The van der Waals surface area contributed by atoms with E-state index in [9.17, 15) is 9.59 Å². The summed E-state index contributed by atoms with van der Waals surface area (Å²) in [7, 11) is 1.91. The smallest absolute Gasteiger partial charge is 0.303 e. The molecule has 0 bridgehead atoms. The summed E-state index contributed by atoms with van der Waals surface area (Å²) in [6, 6.07) is -0.276. The first-order chi connectivity index (χ1) is 8.41. The second-order valence-corrected chi connectivity index (χ2v) is 5.46. The zero-order valence-electron chi connectivity index (χ0n) is 11.6. The van der Waals surface area contributed by atoms with Crippen LogP contribution in [0.5, 0.6) is 0 Å². The van der Waals surface area contributed by atoms with Crippen molar-refractivity contribution in [1.82, 2.24) is 9.80 Å². The summed E-state index contributed by atoms with van der Waals surface area (Å²) in [5.41, 5.74) is 0. The van der Waals surface area contributed by atoms with E-state index in [-0.39, 0.29) is 18.4 Å². The van der Waals surface area contributed by atoms with Crippen LogP contribution in [0.3, 0.4) is 0 Å². The first kappa shape index (κ1) is 15.0. The standard InChI is InChI=1S/C13H24N2O3/c1-10(2)9-15-8-4-7-14(3)11(13(15)18)5-6-12(16)17/h10-11H,4-9H2,1-3H3,(H,16,17). The summed E-state index contributed by atoms with van der Waals surface area (Å²) in [6.45, 7) is 6.58. The zero-order chi connectivity index (χ0) is 13.7. The van der Waals surface area contributed by atoms with E-state index in [1.807, 2.05) is 16.8 Å². The molecule has 0 radical (unpaired) electrons. The molecule has 0 aliphatic carbocycles. The highest BCUT2D eigenvalue weighted by Gasteiger charge is 2.30. The molecule has 1 fully saturated rings. The van der Waals surface area contributed by atoms with Crippen molar-refractivity contribution in [3.05, 3.63) is 0 Å². The lowest BCUT2D eigenvalue weighted by Crippen LogP contribution is -2.45. The maximum atomic E-state index is 12.4. The van der Waals surface area contributed by atoms with Gasteiger partial charge in [-0.15, -0.1) is 0 Å². The Morgan fingerprint density at radius 2 is 2.11 bits per heavy atom. The Hall–Kier alpha value is -1.10. The predicted molar refractivity (Wildman–Crippen MR) is 69.3 cm³/mol. The molecule has 1 saturated heterocycles. The third kappa shape index (κ3) is 4.29. The molecule has 1 unspecified atom stereocenters. The minimum absolute atomic E-state index is 0.0519. The minimum atomic E-state index is -0.837. The van der Waals surface area contributed by atoms with Crippen LogP contribution in [-0.4, -0.2) is 59.5 Å². The number of nitrogens with zero attached hydrogens (tertiary/aromatic N) is 2. The number of rotatable bonds is 5. The SMILES string of the molecule is CC(C)CN1CCCN(C)C(CCC(=O)O)C1=O. The molecule has 0 saturated carbocycles. The van der Waals surface area contributed by atoms with E-state index in [1.165, 1.54) is 0 Å². The molecule has 18 heavy (non-hydrogen) atoms. The Morgan fingerprint density at radius 3 is 2.67 bits per heavy atom. The highest BCUT2D eigenvalue weighted by atomic mass is 16.4. The van der Waals surface area contributed by atoms with Crippen LogP contribution in [0.2, 0.25) is 0 Å². The summed E-state index contributed by atoms with van der Waals surface area (Å²) in [5, 5.41) is 8.75. The van der Waals surface area contributed by atoms with E-state index in [0.717, 1.165) is 26.1 Å². The molecule has 1 aliphatic rings. The third-order valence-electron chi connectivity index (χ3n) is 3.28. The van der Waals surface area contributed by atoms with Crippen LogP contribution < -0.4 is 0 Å². The number of carbonyl (C=O) groups excluding carboxylic acids is 1. The molecule has 0 aromatic rings. The van der Waals surface area contributed by atoms with E-state index in [1.54, 1.807) is 0 Å². The number of carbonyl (C=O) groups is 2. The maximum absolute atomic E-state index is 12.4. The maximum Gasteiger partial charge on any atom is 0.303 e. The van der Waals surface area contributed by atoms with Gasteiger partial charge in [0.05, 0.1) is 6.04 Å². The zero-order valence-corrected chi connectivity index (χ0v) is 11.6. The van der Waals surface area contributed by atoms with Gasteiger partial charge in [0.15, 0.2) is 0 Å². The fraction of sp³-hybridized carbons (Fsp3) is 0.846. The second-order valence-electron chi connectivity index (χ2n) is 5.46. The van der Waals surface area contributed by atoms with E-state index in [4.69, 9.17) is 5.11 Å². The quantitative estimate of drug-likeness (QED) is 0.798.